The normalized spacial score (nSPS) is 18.9. The topological polar surface area (TPSA) is 66.5 Å². The minimum absolute atomic E-state index is 0.00243. The van der Waals surface area contributed by atoms with Crippen LogP contribution in [0.5, 0.6) is 0 Å². The highest BCUT2D eigenvalue weighted by molar-refractivity contribution is 7.88. The van der Waals surface area contributed by atoms with Gasteiger partial charge in [0, 0.05) is 24.2 Å². The molecule has 1 saturated heterocycles. The predicted octanol–water partition coefficient (Wildman–Crippen LogP) is 2.41. The average Bonchev–Trinajstić information content (AvgIpc) is 2.46. The maximum absolute atomic E-state index is 14.0. The SMILES string of the molecule is CS(=O)(=O)NCCC1CCCCN1C(=O)c1ccc(Cl)cc1F. The Bertz CT molecular complexity index is 681. The van der Waals surface area contributed by atoms with Gasteiger partial charge in [-0.15, -0.1) is 0 Å². The molecule has 0 spiro atoms. The number of benzene rings is 1. The maximum atomic E-state index is 14.0. The van der Waals surface area contributed by atoms with E-state index in [1.165, 1.54) is 12.1 Å². The van der Waals surface area contributed by atoms with Crippen LogP contribution in [0.2, 0.25) is 5.02 Å². The first kappa shape index (κ1) is 18.2. The number of hydrogen-bond donors (Lipinski definition) is 1. The highest BCUT2D eigenvalue weighted by Gasteiger charge is 2.28. The maximum Gasteiger partial charge on any atom is 0.257 e. The van der Waals surface area contributed by atoms with Gasteiger partial charge in [0.15, 0.2) is 0 Å². The van der Waals surface area contributed by atoms with E-state index in [9.17, 15) is 17.6 Å². The number of piperidine rings is 1. The summed E-state index contributed by atoms with van der Waals surface area (Å²) < 4.78 is 38.7. The van der Waals surface area contributed by atoms with Crippen LogP contribution < -0.4 is 4.72 Å². The molecule has 128 valence electrons. The molecule has 1 N–H and O–H groups in total. The number of halogens is 2. The van der Waals surface area contributed by atoms with Crippen molar-refractivity contribution in [3.8, 4) is 0 Å². The van der Waals surface area contributed by atoms with Crippen LogP contribution in [-0.4, -0.2) is 44.6 Å². The summed E-state index contributed by atoms with van der Waals surface area (Å²) in [5, 5.41) is 0.242. The van der Waals surface area contributed by atoms with E-state index in [-0.39, 0.29) is 29.1 Å². The smallest absolute Gasteiger partial charge is 0.257 e. The first-order valence-electron chi connectivity index (χ1n) is 7.48. The van der Waals surface area contributed by atoms with Gasteiger partial charge < -0.3 is 4.90 Å². The van der Waals surface area contributed by atoms with Crippen LogP contribution >= 0.6 is 11.6 Å². The number of carbonyl (C=O) groups excluding carboxylic acids is 1. The van der Waals surface area contributed by atoms with E-state index in [1.807, 2.05) is 0 Å². The molecule has 0 radical (unpaired) electrons. The molecule has 1 atom stereocenters. The van der Waals surface area contributed by atoms with Crippen LogP contribution in [0.25, 0.3) is 0 Å². The van der Waals surface area contributed by atoms with Crippen molar-refractivity contribution in [2.75, 3.05) is 19.3 Å². The summed E-state index contributed by atoms with van der Waals surface area (Å²) in [6, 6.07) is 3.90. The predicted molar refractivity (Wildman–Crippen MR) is 87.5 cm³/mol. The van der Waals surface area contributed by atoms with Crippen LogP contribution in [0.3, 0.4) is 0 Å². The van der Waals surface area contributed by atoms with Crippen molar-refractivity contribution in [2.45, 2.75) is 31.7 Å². The number of carbonyl (C=O) groups is 1. The van der Waals surface area contributed by atoms with Crippen molar-refractivity contribution in [2.24, 2.45) is 0 Å². The van der Waals surface area contributed by atoms with Gasteiger partial charge in [0.1, 0.15) is 5.82 Å². The third kappa shape index (κ3) is 5.16. The molecular weight excluding hydrogens is 343 g/mol. The Morgan fingerprint density at radius 3 is 2.83 bits per heavy atom. The van der Waals surface area contributed by atoms with Crippen LogP contribution in [0.1, 0.15) is 36.0 Å². The zero-order valence-corrected chi connectivity index (χ0v) is 14.5. The van der Waals surface area contributed by atoms with Gasteiger partial charge in [0.2, 0.25) is 10.0 Å². The first-order valence-corrected chi connectivity index (χ1v) is 9.75. The summed E-state index contributed by atoms with van der Waals surface area (Å²) in [4.78, 5) is 14.2. The minimum atomic E-state index is -3.25. The lowest BCUT2D eigenvalue weighted by Crippen LogP contribution is -2.45. The molecular formula is C15H20ClFN2O3S. The molecule has 0 aromatic heterocycles. The number of nitrogens with zero attached hydrogens (tertiary/aromatic N) is 1. The zero-order chi connectivity index (χ0) is 17.0. The molecule has 1 unspecified atom stereocenters. The fourth-order valence-corrected chi connectivity index (χ4v) is 3.44. The van der Waals surface area contributed by atoms with Crippen molar-refractivity contribution in [1.82, 2.24) is 9.62 Å². The van der Waals surface area contributed by atoms with E-state index in [1.54, 1.807) is 4.90 Å². The second kappa shape index (κ2) is 7.59. The summed E-state index contributed by atoms with van der Waals surface area (Å²) in [7, 11) is -3.25. The van der Waals surface area contributed by atoms with Gasteiger partial charge in [-0.05, 0) is 43.9 Å². The molecule has 0 saturated carbocycles. The molecule has 1 aliphatic heterocycles. The van der Waals surface area contributed by atoms with Crippen molar-refractivity contribution in [3.63, 3.8) is 0 Å². The van der Waals surface area contributed by atoms with Crippen LogP contribution in [0.4, 0.5) is 4.39 Å². The highest BCUT2D eigenvalue weighted by Crippen LogP contribution is 2.24. The molecule has 1 aromatic rings. The van der Waals surface area contributed by atoms with E-state index in [4.69, 9.17) is 11.6 Å². The first-order chi connectivity index (χ1) is 10.8. The van der Waals surface area contributed by atoms with Gasteiger partial charge in [0.25, 0.3) is 5.91 Å². The van der Waals surface area contributed by atoms with Crippen molar-refractivity contribution >= 4 is 27.5 Å². The van der Waals surface area contributed by atoms with Crippen LogP contribution in [0, 0.1) is 5.82 Å². The Morgan fingerprint density at radius 1 is 1.43 bits per heavy atom. The van der Waals surface area contributed by atoms with Crippen molar-refractivity contribution in [1.29, 1.82) is 0 Å². The standard InChI is InChI=1S/C15H20ClFN2O3S/c1-23(21,22)18-8-7-12-4-2-3-9-19(12)15(20)13-6-5-11(16)10-14(13)17/h5-6,10,12,18H,2-4,7-9H2,1H3. The van der Waals surface area contributed by atoms with E-state index in [0.717, 1.165) is 31.6 Å². The fourth-order valence-electron chi connectivity index (χ4n) is 2.80. The Labute approximate surface area is 140 Å². The quantitative estimate of drug-likeness (QED) is 0.874. The number of hydrogen-bond acceptors (Lipinski definition) is 3. The Kier molecular flexibility index (Phi) is 6.00. The molecule has 5 nitrogen and oxygen atoms in total. The highest BCUT2D eigenvalue weighted by atomic mass is 35.5. The summed E-state index contributed by atoms with van der Waals surface area (Å²) in [6.45, 7) is 0.806. The third-order valence-electron chi connectivity index (χ3n) is 3.89. The minimum Gasteiger partial charge on any atom is -0.336 e. The molecule has 0 bridgehead atoms. The Morgan fingerprint density at radius 2 is 2.17 bits per heavy atom. The van der Waals surface area contributed by atoms with Gasteiger partial charge >= 0.3 is 0 Å². The van der Waals surface area contributed by atoms with E-state index < -0.39 is 15.8 Å². The summed E-state index contributed by atoms with van der Waals surface area (Å²) in [6.07, 6.45) is 4.22. The monoisotopic (exact) mass is 362 g/mol. The number of nitrogens with one attached hydrogen (secondary N) is 1. The lowest BCUT2D eigenvalue weighted by atomic mass is 9.98. The molecule has 23 heavy (non-hydrogen) atoms. The van der Waals surface area contributed by atoms with Gasteiger partial charge in [-0.1, -0.05) is 11.6 Å². The summed E-state index contributed by atoms with van der Waals surface area (Å²) in [5.41, 5.74) is -0.00243. The number of sulfonamides is 1. The molecule has 1 amide bonds. The molecule has 2 rings (SSSR count). The molecule has 1 aliphatic rings. The van der Waals surface area contributed by atoms with Crippen LogP contribution in [-0.2, 0) is 10.0 Å². The Hall–Kier alpha value is -1.18. The second-order valence-corrected chi connectivity index (χ2v) is 8.00. The van der Waals surface area contributed by atoms with Gasteiger partial charge in [-0.2, -0.15) is 0 Å². The number of likely N-dealkylation sites (tertiary alicyclic amines) is 1. The average molecular weight is 363 g/mol. The number of amides is 1. The van der Waals surface area contributed by atoms with Crippen molar-refractivity contribution < 1.29 is 17.6 Å². The van der Waals surface area contributed by atoms with Crippen LogP contribution in [0.15, 0.2) is 18.2 Å². The van der Waals surface area contributed by atoms with E-state index >= 15 is 0 Å². The molecule has 1 fully saturated rings. The van der Waals surface area contributed by atoms with Gasteiger partial charge in [0.05, 0.1) is 11.8 Å². The Balaban J connectivity index is 2.09. The molecule has 8 heteroatoms. The van der Waals surface area contributed by atoms with Gasteiger partial charge in [-0.25, -0.2) is 17.5 Å². The lowest BCUT2D eigenvalue weighted by Gasteiger charge is -2.36. The van der Waals surface area contributed by atoms with Crippen molar-refractivity contribution in [3.05, 3.63) is 34.6 Å². The summed E-state index contributed by atoms with van der Waals surface area (Å²) in [5.74, 6) is -1.01. The lowest BCUT2D eigenvalue weighted by molar-refractivity contribution is 0.0599. The fraction of sp³-hybridized carbons (Fsp3) is 0.533. The molecule has 1 heterocycles. The number of rotatable bonds is 5. The second-order valence-electron chi connectivity index (χ2n) is 5.73. The summed E-state index contributed by atoms with van der Waals surface area (Å²) >= 11 is 5.72. The molecule has 1 aromatic carbocycles. The van der Waals surface area contributed by atoms with E-state index in [2.05, 4.69) is 4.72 Å². The van der Waals surface area contributed by atoms with E-state index in [0.29, 0.717) is 13.0 Å². The largest absolute Gasteiger partial charge is 0.336 e. The molecule has 0 aliphatic carbocycles. The van der Waals surface area contributed by atoms with Gasteiger partial charge in [-0.3, -0.25) is 4.79 Å². The zero-order valence-electron chi connectivity index (χ0n) is 12.9. The third-order valence-corrected chi connectivity index (χ3v) is 4.85.